The minimum Gasteiger partial charge on any atom is -0.295 e. The van der Waals surface area contributed by atoms with Crippen LogP contribution in [0.15, 0.2) is 22.9 Å². The normalized spacial score (nSPS) is 10.8. The second kappa shape index (κ2) is 3.37. The van der Waals surface area contributed by atoms with Crippen molar-refractivity contribution in [2.45, 2.75) is 6.92 Å². The summed E-state index contributed by atoms with van der Waals surface area (Å²) in [5.41, 5.74) is 0.833. The first-order chi connectivity index (χ1) is 6.59. The van der Waals surface area contributed by atoms with E-state index in [1.165, 1.54) is 6.92 Å². The van der Waals surface area contributed by atoms with Crippen molar-refractivity contribution in [1.82, 2.24) is 9.38 Å². The van der Waals surface area contributed by atoms with Gasteiger partial charge in [-0.3, -0.25) is 9.20 Å². The predicted octanol–water partition coefficient (Wildman–Crippen LogP) is 2.95. The van der Waals surface area contributed by atoms with Crippen LogP contribution >= 0.6 is 27.5 Å². The van der Waals surface area contributed by atoms with Gasteiger partial charge in [0.2, 0.25) is 0 Å². The maximum atomic E-state index is 11.2. The fourth-order valence-electron chi connectivity index (χ4n) is 1.27. The number of Topliss-reactive ketones (excluding diaryl/α,β-unsaturated/α-hetero) is 1. The van der Waals surface area contributed by atoms with E-state index in [9.17, 15) is 4.79 Å². The number of pyridine rings is 1. The highest BCUT2D eigenvalue weighted by molar-refractivity contribution is 9.10. The fourth-order valence-corrected chi connectivity index (χ4v) is 1.92. The van der Waals surface area contributed by atoms with Crippen molar-refractivity contribution in [3.05, 3.63) is 33.8 Å². The van der Waals surface area contributed by atoms with Crippen molar-refractivity contribution in [3.8, 4) is 0 Å². The van der Waals surface area contributed by atoms with Crippen molar-refractivity contribution in [2.24, 2.45) is 0 Å². The smallest absolute Gasteiger partial charge is 0.195 e. The maximum Gasteiger partial charge on any atom is 0.195 e. The molecule has 72 valence electrons. The summed E-state index contributed by atoms with van der Waals surface area (Å²) in [5, 5.41) is 0.574. The second-order valence-corrected chi connectivity index (χ2v) is 4.07. The van der Waals surface area contributed by atoms with Gasteiger partial charge in [0.1, 0.15) is 4.60 Å². The largest absolute Gasteiger partial charge is 0.295 e. The minimum atomic E-state index is -0.0898. The van der Waals surface area contributed by atoms with Gasteiger partial charge < -0.3 is 0 Å². The summed E-state index contributed by atoms with van der Waals surface area (Å²) < 4.78 is 2.33. The Morgan fingerprint density at radius 1 is 1.57 bits per heavy atom. The number of fused-ring (bicyclic) bond motifs is 1. The molecule has 0 aliphatic heterocycles. The summed E-state index contributed by atoms with van der Waals surface area (Å²) >= 11 is 9.11. The van der Waals surface area contributed by atoms with Gasteiger partial charge in [-0.15, -0.1) is 0 Å². The number of nitrogens with zero attached hydrogens (tertiary/aromatic N) is 2. The minimum absolute atomic E-state index is 0.0898. The summed E-state index contributed by atoms with van der Waals surface area (Å²) in [6.07, 6.45) is 1.67. The molecule has 5 heteroatoms. The van der Waals surface area contributed by atoms with Crippen molar-refractivity contribution < 1.29 is 4.79 Å². The van der Waals surface area contributed by atoms with E-state index in [0.29, 0.717) is 15.5 Å². The summed E-state index contributed by atoms with van der Waals surface area (Å²) in [4.78, 5) is 15.3. The first kappa shape index (κ1) is 9.68. The lowest BCUT2D eigenvalue weighted by Crippen LogP contribution is -1.99. The van der Waals surface area contributed by atoms with Gasteiger partial charge in [0, 0.05) is 13.1 Å². The Balaban J connectivity index is 2.85. The van der Waals surface area contributed by atoms with Crippen LogP contribution in [-0.2, 0) is 0 Å². The molecule has 2 rings (SSSR count). The molecule has 0 N–H and O–H groups in total. The SMILES string of the molecule is CC(=O)c1nc(Br)c2ccc(Cl)cn12. The quantitative estimate of drug-likeness (QED) is 0.749. The predicted molar refractivity (Wildman–Crippen MR) is 57.9 cm³/mol. The number of ketones is 1. The lowest BCUT2D eigenvalue weighted by molar-refractivity contribution is 0.100. The number of rotatable bonds is 1. The highest BCUT2D eigenvalue weighted by Gasteiger charge is 2.12. The molecule has 0 aromatic carbocycles. The van der Waals surface area contributed by atoms with Crippen LogP contribution in [0.5, 0.6) is 0 Å². The van der Waals surface area contributed by atoms with Crippen LogP contribution in [0.1, 0.15) is 17.5 Å². The number of carbonyl (C=O) groups excluding carboxylic acids is 1. The molecule has 0 atom stereocenters. The Morgan fingerprint density at radius 3 is 2.93 bits per heavy atom. The van der Waals surface area contributed by atoms with Crippen LogP contribution in [0.2, 0.25) is 5.02 Å². The van der Waals surface area contributed by atoms with Crippen LogP contribution in [0.3, 0.4) is 0 Å². The third-order valence-electron chi connectivity index (χ3n) is 1.87. The van der Waals surface area contributed by atoms with Crippen molar-refractivity contribution in [1.29, 1.82) is 0 Å². The standard InChI is InChI=1S/C9H6BrClN2O/c1-5(14)9-12-8(10)7-3-2-6(11)4-13(7)9/h2-4H,1H3. The van der Waals surface area contributed by atoms with E-state index < -0.39 is 0 Å². The van der Waals surface area contributed by atoms with Gasteiger partial charge >= 0.3 is 0 Å². The molecule has 0 saturated carbocycles. The monoisotopic (exact) mass is 272 g/mol. The zero-order chi connectivity index (χ0) is 10.3. The molecule has 0 fully saturated rings. The average molecular weight is 274 g/mol. The van der Waals surface area contributed by atoms with Crippen molar-refractivity contribution >= 4 is 38.8 Å². The van der Waals surface area contributed by atoms with Crippen LogP contribution in [-0.4, -0.2) is 15.2 Å². The number of imidazole rings is 1. The zero-order valence-electron chi connectivity index (χ0n) is 7.29. The van der Waals surface area contributed by atoms with Crippen molar-refractivity contribution in [3.63, 3.8) is 0 Å². The van der Waals surface area contributed by atoms with Gasteiger partial charge in [-0.25, -0.2) is 4.98 Å². The molecule has 0 unspecified atom stereocenters. The topological polar surface area (TPSA) is 34.4 Å². The van der Waals surface area contributed by atoms with Gasteiger partial charge in [-0.05, 0) is 28.1 Å². The molecule has 2 aromatic rings. The Bertz CT molecular complexity index is 521. The van der Waals surface area contributed by atoms with Gasteiger partial charge in [0.25, 0.3) is 0 Å². The van der Waals surface area contributed by atoms with Gasteiger partial charge in [0.15, 0.2) is 11.6 Å². The molecular weight excluding hydrogens is 267 g/mol. The van der Waals surface area contributed by atoms with Crippen LogP contribution in [0, 0.1) is 0 Å². The highest BCUT2D eigenvalue weighted by Crippen LogP contribution is 2.21. The average Bonchev–Trinajstić information content (AvgIpc) is 2.43. The molecule has 2 heterocycles. The van der Waals surface area contributed by atoms with Gasteiger partial charge in [0.05, 0.1) is 10.5 Å². The Kier molecular flexibility index (Phi) is 2.33. The molecule has 2 aromatic heterocycles. The maximum absolute atomic E-state index is 11.2. The molecule has 0 aliphatic carbocycles. The van der Waals surface area contributed by atoms with Crippen LogP contribution in [0.25, 0.3) is 5.52 Å². The molecule has 0 bridgehead atoms. The molecule has 3 nitrogen and oxygen atoms in total. The summed E-state index contributed by atoms with van der Waals surface area (Å²) in [7, 11) is 0. The summed E-state index contributed by atoms with van der Waals surface area (Å²) in [6, 6.07) is 3.57. The third kappa shape index (κ3) is 1.44. The molecule has 0 amide bonds. The summed E-state index contributed by atoms with van der Waals surface area (Å²) in [6.45, 7) is 1.47. The molecule has 0 saturated heterocycles. The first-order valence-electron chi connectivity index (χ1n) is 3.93. The van der Waals surface area contributed by atoms with Crippen LogP contribution < -0.4 is 0 Å². The Labute approximate surface area is 93.8 Å². The molecular formula is C9H6BrClN2O. The highest BCUT2D eigenvalue weighted by atomic mass is 79.9. The fraction of sp³-hybridized carbons (Fsp3) is 0.111. The van der Waals surface area contributed by atoms with E-state index >= 15 is 0 Å². The lowest BCUT2D eigenvalue weighted by atomic mass is 10.4. The van der Waals surface area contributed by atoms with E-state index in [4.69, 9.17) is 11.6 Å². The van der Waals surface area contributed by atoms with Crippen molar-refractivity contribution in [2.75, 3.05) is 0 Å². The molecule has 0 radical (unpaired) electrons. The van der Waals surface area contributed by atoms with E-state index in [1.54, 1.807) is 16.7 Å². The van der Waals surface area contributed by atoms with E-state index in [-0.39, 0.29) is 5.78 Å². The molecule has 0 aliphatic rings. The molecule has 14 heavy (non-hydrogen) atoms. The third-order valence-corrected chi connectivity index (χ3v) is 2.68. The second-order valence-electron chi connectivity index (χ2n) is 2.88. The number of carbonyl (C=O) groups is 1. The zero-order valence-corrected chi connectivity index (χ0v) is 9.63. The number of halogens is 2. The number of hydrogen-bond donors (Lipinski definition) is 0. The van der Waals surface area contributed by atoms with E-state index in [1.807, 2.05) is 6.07 Å². The number of hydrogen-bond acceptors (Lipinski definition) is 2. The Morgan fingerprint density at radius 2 is 2.29 bits per heavy atom. The Hall–Kier alpha value is -0.870. The van der Waals surface area contributed by atoms with E-state index in [2.05, 4.69) is 20.9 Å². The van der Waals surface area contributed by atoms with Gasteiger partial charge in [-0.1, -0.05) is 11.6 Å². The summed E-state index contributed by atoms with van der Waals surface area (Å²) in [5.74, 6) is 0.294. The lowest BCUT2D eigenvalue weighted by Gasteiger charge is -1.97. The van der Waals surface area contributed by atoms with Gasteiger partial charge in [-0.2, -0.15) is 0 Å². The first-order valence-corrected chi connectivity index (χ1v) is 5.11. The molecule has 0 spiro atoms. The van der Waals surface area contributed by atoms with Crippen LogP contribution in [0.4, 0.5) is 0 Å². The van der Waals surface area contributed by atoms with E-state index in [0.717, 1.165) is 5.52 Å². The number of aromatic nitrogens is 2.